The van der Waals surface area contributed by atoms with Crippen LogP contribution in [0.15, 0.2) is 24.3 Å². The van der Waals surface area contributed by atoms with Gasteiger partial charge in [-0.3, -0.25) is 4.79 Å². The number of carbonyl (C=O) groups excluding carboxylic acids is 1. The summed E-state index contributed by atoms with van der Waals surface area (Å²) in [5.41, 5.74) is 1.91. The van der Waals surface area contributed by atoms with E-state index in [-0.39, 0.29) is 5.91 Å². The number of ether oxygens (including phenoxy) is 1. The number of anilines is 2. The second kappa shape index (κ2) is 5.87. The van der Waals surface area contributed by atoms with Crippen LogP contribution in [0.5, 0.6) is 0 Å². The molecule has 0 radical (unpaired) electrons. The highest BCUT2D eigenvalue weighted by Gasteiger charge is 2.18. The molecule has 0 spiro atoms. The van der Waals surface area contributed by atoms with Crippen LogP contribution >= 0.6 is 0 Å². The standard InChI is InChI=1S/C14H20N2O2/c1-10-9-14(7-8-18-10)16-13-5-3-12(4-6-13)15-11(2)17/h3-6,10,14,16H,7-9H2,1-2H3,(H,15,17). The molecule has 98 valence electrons. The summed E-state index contributed by atoms with van der Waals surface area (Å²) < 4.78 is 5.52. The molecule has 2 N–H and O–H groups in total. The maximum absolute atomic E-state index is 10.9. The monoisotopic (exact) mass is 248 g/mol. The number of benzene rings is 1. The summed E-state index contributed by atoms with van der Waals surface area (Å²) in [6.45, 7) is 4.44. The van der Waals surface area contributed by atoms with Crippen LogP contribution in [0, 0.1) is 0 Å². The van der Waals surface area contributed by atoms with E-state index >= 15 is 0 Å². The average molecular weight is 248 g/mol. The van der Waals surface area contributed by atoms with Crippen LogP contribution in [0.1, 0.15) is 26.7 Å². The van der Waals surface area contributed by atoms with E-state index < -0.39 is 0 Å². The maximum atomic E-state index is 10.9. The van der Waals surface area contributed by atoms with E-state index in [1.165, 1.54) is 6.92 Å². The van der Waals surface area contributed by atoms with Crippen molar-refractivity contribution in [3.8, 4) is 0 Å². The lowest BCUT2D eigenvalue weighted by Gasteiger charge is -2.28. The molecule has 2 atom stereocenters. The molecule has 1 aromatic carbocycles. The molecule has 1 heterocycles. The predicted molar refractivity (Wildman–Crippen MR) is 72.8 cm³/mol. The highest BCUT2D eigenvalue weighted by molar-refractivity contribution is 5.88. The summed E-state index contributed by atoms with van der Waals surface area (Å²) in [4.78, 5) is 10.9. The molecular weight excluding hydrogens is 228 g/mol. The third-order valence-electron chi connectivity index (χ3n) is 3.06. The molecule has 4 heteroatoms. The first-order valence-electron chi connectivity index (χ1n) is 6.39. The van der Waals surface area contributed by atoms with Crippen molar-refractivity contribution in [1.29, 1.82) is 0 Å². The van der Waals surface area contributed by atoms with Crippen LogP contribution in [0.2, 0.25) is 0 Å². The predicted octanol–water partition coefficient (Wildman–Crippen LogP) is 2.62. The summed E-state index contributed by atoms with van der Waals surface area (Å²) in [7, 11) is 0. The van der Waals surface area contributed by atoms with Gasteiger partial charge in [0.05, 0.1) is 6.10 Å². The van der Waals surface area contributed by atoms with Gasteiger partial charge in [0.15, 0.2) is 0 Å². The SMILES string of the molecule is CC(=O)Nc1ccc(NC2CCOC(C)C2)cc1. The first kappa shape index (κ1) is 12.9. The molecule has 2 rings (SSSR count). The largest absolute Gasteiger partial charge is 0.382 e. The van der Waals surface area contributed by atoms with E-state index in [4.69, 9.17) is 4.74 Å². The van der Waals surface area contributed by atoms with Crippen LogP contribution in [-0.4, -0.2) is 24.7 Å². The molecule has 1 aromatic rings. The summed E-state index contributed by atoms with van der Waals surface area (Å²) in [5.74, 6) is -0.0473. The Morgan fingerprint density at radius 1 is 1.28 bits per heavy atom. The second-order valence-corrected chi connectivity index (χ2v) is 4.81. The van der Waals surface area contributed by atoms with Gasteiger partial charge in [-0.15, -0.1) is 0 Å². The number of carbonyl (C=O) groups is 1. The van der Waals surface area contributed by atoms with Crippen molar-refractivity contribution in [2.75, 3.05) is 17.2 Å². The van der Waals surface area contributed by atoms with Gasteiger partial charge in [0.2, 0.25) is 5.91 Å². The smallest absolute Gasteiger partial charge is 0.221 e. The van der Waals surface area contributed by atoms with Gasteiger partial charge >= 0.3 is 0 Å². The molecule has 0 saturated carbocycles. The van der Waals surface area contributed by atoms with Crippen LogP contribution < -0.4 is 10.6 Å². The van der Waals surface area contributed by atoms with Gasteiger partial charge in [0.25, 0.3) is 0 Å². The van der Waals surface area contributed by atoms with Gasteiger partial charge in [0, 0.05) is 30.9 Å². The first-order valence-corrected chi connectivity index (χ1v) is 6.39. The van der Waals surface area contributed by atoms with Gasteiger partial charge in [-0.25, -0.2) is 0 Å². The fraction of sp³-hybridized carbons (Fsp3) is 0.500. The van der Waals surface area contributed by atoms with Crippen LogP contribution in [0.3, 0.4) is 0 Å². The number of amides is 1. The Balaban J connectivity index is 1.91. The Morgan fingerprint density at radius 2 is 1.94 bits per heavy atom. The molecule has 0 aromatic heterocycles. The Labute approximate surface area is 108 Å². The summed E-state index contributed by atoms with van der Waals surface area (Å²) in [6.07, 6.45) is 2.40. The van der Waals surface area contributed by atoms with Crippen LogP contribution in [0.4, 0.5) is 11.4 Å². The summed E-state index contributed by atoms with van der Waals surface area (Å²) in [6, 6.07) is 8.27. The zero-order valence-corrected chi connectivity index (χ0v) is 10.9. The number of rotatable bonds is 3. The molecule has 0 bridgehead atoms. The lowest BCUT2D eigenvalue weighted by molar-refractivity contribution is -0.114. The van der Waals surface area contributed by atoms with Gasteiger partial charge in [-0.1, -0.05) is 0 Å². The molecule has 2 unspecified atom stereocenters. The van der Waals surface area contributed by atoms with E-state index in [1.54, 1.807) is 0 Å². The van der Waals surface area contributed by atoms with Gasteiger partial charge in [0.1, 0.15) is 0 Å². The topological polar surface area (TPSA) is 50.4 Å². The first-order chi connectivity index (χ1) is 8.63. The molecular formula is C14H20N2O2. The fourth-order valence-electron chi connectivity index (χ4n) is 2.22. The van der Waals surface area contributed by atoms with Crippen molar-refractivity contribution in [3.63, 3.8) is 0 Å². The number of hydrogen-bond donors (Lipinski definition) is 2. The Morgan fingerprint density at radius 3 is 2.56 bits per heavy atom. The minimum atomic E-state index is -0.0473. The zero-order chi connectivity index (χ0) is 13.0. The van der Waals surface area contributed by atoms with Crippen molar-refractivity contribution in [1.82, 2.24) is 0 Å². The molecule has 1 aliphatic heterocycles. The number of hydrogen-bond acceptors (Lipinski definition) is 3. The third kappa shape index (κ3) is 3.74. The van der Waals surface area contributed by atoms with Crippen LogP contribution in [0.25, 0.3) is 0 Å². The fourth-order valence-corrected chi connectivity index (χ4v) is 2.22. The molecule has 1 aliphatic rings. The minimum Gasteiger partial charge on any atom is -0.382 e. The van der Waals surface area contributed by atoms with E-state index in [0.29, 0.717) is 12.1 Å². The zero-order valence-electron chi connectivity index (χ0n) is 10.9. The molecule has 0 aliphatic carbocycles. The minimum absolute atomic E-state index is 0.0473. The second-order valence-electron chi connectivity index (χ2n) is 4.81. The van der Waals surface area contributed by atoms with E-state index in [1.807, 2.05) is 24.3 Å². The normalized spacial score (nSPS) is 23.4. The van der Waals surface area contributed by atoms with Crippen molar-refractivity contribution in [2.45, 2.75) is 38.8 Å². The van der Waals surface area contributed by atoms with Gasteiger partial charge in [-0.05, 0) is 44.0 Å². The van der Waals surface area contributed by atoms with Gasteiger partial charge in [-0.2, -0.15) is 0 Å². The molecule has 18 heavy (non-hydrogen) atoms. The van der Waals surface area contributed by atoms with E-state index in [0.717, 1.165) is 30.8 Å². The van der Waals surface area contributed by atoms with Crippen molar-refractivity contribution < 1.29 is 9.53 Å². The Kier molecular flexibility index (Phi) is 4.20. The molecule has 1 saturated heterocycles. The number of nitrogens with one attached hydrogen (secondary N) is 2. The Hall–Kier alpha value is -1.55. The maximum Gasteiger partial charge on any atom is 0.221 e. The molecule has 1 fully saturated rings. The van der Waals surface area contributed by atoms with Crippen LogP contribution in [-0.2, 0) is 9.53 Å². The van der Waals surface area contributed by atoms with Crippen molar-refractivity contribution in [3.05, 3.63) is 24.3 Å². The highest BCUT2D eigenvalue weighted by Crippen LogP contribution is 2.20. The quantitative estimate of drug-likeness (QED) is 0.864. The summed E-state index contributed by atoms with van der Waals surface area (Å²) >= 11 is 0. The van der Waals surface area contributed by atoms with E-state index in [9.17, 15) is 4.79 Å². The lowest BCUT2D eigenvalue weighted by Crippen LogP contribution is -2.32. The average Bonchev–Trinajstić information content (AvgIpc) is 2.31. The van der Waals surface area contributed by atoms with Gasteiger partial charge < -0.3 is 15.4 Å². The Bertz CT molecular complexity index is 403. The highest BCUT2D eigenvalue weighted by atomic mass is 16.5. The molecule has 4 nitrogen and oxygen atoms in total. The summed E-state index contributed by atoms with van der Waals surface area (Å²) in [5, 5.41) is 6.26. The lowest BCUT2D eigenvalue weighted by atomic mass is 10.0. The van der Waals surface area contributed by atoms with E-state index in [2.05, 4.69) is 17.6 Å². The van der Waals surface area contributed by atoms with Crippen molar-refractivity contribution in [2.24, 2.45) is 0 Å². The molecule has 1 amide bonds. The van der Waals surface area contributed by atoms with Crippen molar-refractivity contribution >= 4 is 17.3 Å². The third-order valence-corrected chi connectivity index (χ3v) is 3.06.